The smallest absolute Gasteiger partial charge is 0.338 e. The summed E-state index contributed by atoms with van der Waals surface area (Å²) in [5, 5.41) is 13.1. The number of esters is 1. The summed E-state index contributed by atoms with van der Waals surface area (Å²) in [6, 6.07) is 12.3. The van der Waals surface area contributed by atoms with Gasteiger partial charge >= 0.3 is 5.97 Å². The van der Waals surface area contributed by atoms with Crippen molar-refractivity contribution in [3.8, 4) is 11.3 Å². The van der Waals surface area contributed by atoms with Crippen molar-refractivity contribution >= 4 is 40.4 Å². The minimum Gasteiger partial charge on any atom is -0.463 e. The van der Waals surface area contributed by atoms with E-state index in [0.717, 1.165) is 4.88 Å². The summed E-state index contributed by atoms with van der Waals surface area (Å²) >= 11 is 2.74. The highest BCUT2D eigenvalue weighted by molar-refractivity contribution is 7.11. The first-order valence-electron chi connectivity index (χ1n) is 10.9. The monoisotopic (exact) mass is 521 g/mol. The number of ether oxygens (including phenoxy) is 1. The van der Waals surface area contributed by atoms with Crippen LogP contribution in [0.1, 0.15) is 30.5 Å². The zero-order valence-electron chi connectivity index (χ0n) is 19.2. The quantitative estimate of drug-likeness (QED) is 0.215. The van der Waals surface area contributed by atoms with Crippen LogP contribution >= 0.6 is 22.7 Å². The van der Waals surface area contributed by atoms with Crippen LogP contribution in [0, 0.1) is 10.1 Å². The molecule has 1 aliphatic heterocycles. The summed E-state index contributed by atoms with van der Waals surface area (Å²) in [4.78, 5) is 43.2. The van der Waals surface area contributed by atoms with Crippen molar-refractivity contribution in [3.63, 3.8) is 0 Å². The number of carbonyl (C=O) groups excluding carboxylic acids is 1. The van der Waals surface area contributed by atoms with Crippen molar-refractivity contribution in [2.45, 2.75) is 19.9 Å². The number of hydrogen-bond donors (Lipinski definition) is 0. The number of thiophene rings is 1. The third-order valence-corrected chi connectivity index (χ3v) is 7.37. The molecule has 5 rings (SSSR count). The first-order valence-corrected chi connectivity index (χ1v) is 12.6. The Bertz CT molecular complexity index is 1690. The van der Waals surface area contributed by atoms with Crippen LogP contribution in [-0.4, -0.2) is 22.1 Å². The topological polar surface area (TPSA) is 117 Å². The van der Waals surface area contributed by atoms with Gasteiger partial charge in [0.2, 0.25) is 0 Å². The highest BCUT2D eigenvalue weighted by Crippen LogP contribution is 2.34. The van der Waals surface area contributed by atoms with E-state index in [2.05, 4.69) is 4.99 Å². The van der Waals surface area contributed by atoms with Gasteiger partial charge in [0.1, 0.15) is 17.6 Å². The number of nitrogens with zero attached hydrogens (tertiary/aromatic N) is 3. The molecule has 4 heterocycles. The fraction of sp³-hybridized carbons (Fsp3) is 0.160. The lowest BCUT2D eigenvalue weighted by Crippen LogP contribution is -2.39. The summed E-state index contributed by atoms with van der Waals surface area (Å²) in [6.07, 6.45) is 1.80. The van der Waals surface area contributed by atoms with Crippen LogP contribution < -0.4 is 14.9 Å². The second-order valence-corrected chi connectivity index (χ2v) is 9.82. The molecule has 0 fully saturated rings. The predicted molar refractivity (Wildman–Crippen MR) is 136 cm³/mol. The lowest BCUT2D eigenvalue weighted by Gasteiger charge is -2.22. The van der Waals surface area contributed by atoms with Gasteiger partial charge in [-0.2, -0.15) is 0 Å². The Morgan fingerprint density at radius 3 is 2.83 bits per heavy atom. The number of fused-ring (bicyclic) bond motifs is 1. The maximum absolute atomic E-state index is 13.5. The second kappa shape index (κ2) is 9.51. The lowest BCUT2D eigenvalue weighted by molar-refractivity contribution is -0.384. The molecule has 4 aromatic rings. The number of nitro benzene ring substituents is 1. The molecule has 0 radical (unpaired) electrons. The highest BCUT2D eigenvalue weighted by atomic mass is 32.1. The van der Waals surface area contributed by atoms with Crippen LogP contribution in [0.5, 0.6) is 0 Å². The van der Waals surface area contributed by atoms with Crippen molar-refractivity contribution in [1.82, 2.24) is 4.57 Å². The number of allylic oxidation sites excluding steroid dienone is 1. The van der Waals surface area contributed by atoms with E-state index in [4.69, 9.17) is 9.15 Å². The third-order valence-electron chi connectivity index (χ3n) is 5.57. The molecule has 0 aliphatic carbocycles. The molecule has 0 unspecified atom stereocenters. The van der Waals surface area contributed by atoms with Crippen molar-refractivity contribution in [2.24, 2.45) is 4.99 Å². The second-order valence-electron chi connectivity index (χ2n) is 7.83. The fourth-order valence-electron chi connectivity index (χ4n) is 3.99. The molecule has 3 aromatic heterocycles. The Morgan fingerprint density at radius 1 is 1.28 bits per heavy atom. The number of furan rings is 1. The average molecular weight is 522 g/mol. The minimum absolute atomic E-state index is 0.0741. The molecule has 1 aliphatic rings. The van der Waals surface area contributed by atoms with Crippen LogP contribution in [0.2, 0.25) is 0 Å². The number of hydrogen-bond acceptors (Lipinski definition) is 9. The highest BCUT2D eigenvalue weighted by Gasteiger charge is 2.35. The van der Waals surface area contributed by atoms with E-state index in [-0.39, 0.29) is 23.4 Å². The van der Waals surface area contributed by atoms with Crippen LogP contribution in [0.4, 0.5) is 5.69 Å². The van der Waals surface area contributed by atoms with Crippen molar-refractivity contribution in [3.05, 3.63) is 106 Å². The molecular weight excluding hydrogens is 502 g/mol. The van der Waals surface area contributed by atoms with E-state index < -0.39 is 16.9 Å². The number of rotatable bonds is 6. The lowest BCUT2D eigenvalue weighted by atomic mass is 10.0. The van der Waals surface area contributed by atoms with E-state index in [1.54, 1.807) is 44.2 Å². The summed E-state index contributed by atoms with van der Waals surface area (Å²) in [5.74, 6) is 0.0921. The number of nitro groups is 1. The molecule has 1 aromatic carbocycles. The number of thiazole rings is 1. The summed E-state index contributed by atoms with van der Waals surface area (Å²) in [5.41, 5.74) is 0.746. The molecule has 0 amide bonds. The summed E-state index contributed by atoms with van der Waals surface area (Å²) < 4.78 is 13.3. The first kappa shape index (κ1) is 23.6. The van der Waals surface area contributed by atoms with Crippen LogP contribution in [-0.2, 0) is 9.53 Å². The normalized spacial score (nSPS) is 15.5. The molecule has 0 saturated heterocycles. The van der Waals surface area contributed by atoms with Gasteiger partial charge in [-0.05, 0) is 43.5 Å². The van der Waals surface area contributed by atoms with Crippen LogP contribution in [0.25, 0.3) is 17.4 Å². The molecular formula is C25H19N3O6S2. The number of non-ortho nitro benzene ring substituents is 1. The van der Waals surface area contributed by atoms with E-state index in [1.165, 1.54) is 39.4 Å². The van der Waals surface area contributed by atoms with Gasteiger partial charge in [0.25, 0.3) is 11.2 Å². The molecule has 0 N–H and O–H groups in total. The standard InChI is InChI=1S/C25H19N3O6S2/c1-3-33-24(30)21-14(2)26-25-27(23(29)20(36-25)13-17-8-5-11-35-17)22(21)19-10-9-18(34-19)15-6-4-7-16(12-15)28(31)32/h4-13,22H,3H2,1-2H3/b20-13-/t22-/m1/s1. The number of aromatic nitrogens is 1. The van der Waals surface area contributed by atoms with E-state index >= 15 is 0 Å². The molecule has 0 saturated carbocycles. The largest absolute Gasteiger partial charge is 0.463 e. The number of carbonyl (C=O) groups is 1. The summed E-state index contributed by atoms with van der Waals surface area (Å²) in [7, 11) is 0. The van der Waals surface area contributed by atoms with E-state index in [1.807, 2.05) is 17.5 Å². The molecule has 0 bridgehead atoms. The maximum atomic E-state index is 13.5. The van der Waals surface area contributed by atoms with Gasteiger partial charge in [-0.15, -0.1) is 11.3 Å². The zero-order valence-corrected chi connectivity index (χ0v) is 20.8. The van der Waals surface area contributed by atoms with Gasteiger partial charge < -0.3 is 9.15 Å². The van der Waals surface area contributed by atoms with Crippen LogP contribution in [0.15, 0.2) is 79.4 Å². The van der Waals surface area contributed by atoms with Crippen molar-refractivity contribution in [1.29, 1.82) is 0 Å². The van der Waals surface area contributed by atoms with Crippen molar-refractivity contribution in [2.75, 3.05) is 6.61 Å². The van der Waals surface area contributed by atoms with E-state index in [0.29, 0.717) is 32.1 Å². The van der Waals surface area contributed by atoms with Gasteiger partial charge in [0.15, 0.2) is 4.80 Å². The number of benzene rings is 1. The van der Waals surface area contributed by atoms with E-state index in [9.17, 15) is 19.7 Å². The molecule has 11 heteroatoms. The summed E-state index contributed by atoms with van der Waals surface area (Å²) in [6.45, 7) is 3.55. The molecule has 0 spiro atoms. The molecule has 1 atom stereocenters. The van der Waals surface area contributed by atoms with Gasteiger partial charge in [-0.1, -0.05) is 29.5 Å². The van der Waals surface area contributed by atoms with Gasteiger partial charge in [0.05, 0.1) is 27.3 Å². The SMILES string of the molecule is CCOC(=O)C1=C(C)N=c2s/c(=C\c3cccs3)c(=O)n2[C@@H]1c1ccc(-c2cccc([N+](=O)[O-])c2)o1. The maximum Gasteiger partial charge on any atom is 0.338 e. The molecule has 182 valence electrons. The predicted octanol–water partition coefficient (Wildman–Crippen LogP) is 4.03. The third kappa shape index (κ3) is 4.23. The molecule has 9 nitrogen and oxygen atoms in total. The first-order chi connectivity index (χ1) is 17.4. The van der Waals surface area contributed by atoms with Crippen molar-refractivity contribution < 1.29 is 18.9 Å². The Hall–Kier alpha value is -4.09. The molecule has 36 heavy (non-hydrogen) atoms. The van der Waals surface area contributed by atoms with Gasteiger partial charge in [-0.25, -0.2) is 9.79 Å². The Labute approximate surface area is 212 Å². The Balaban J connectivity index is 1.68. The van der Waals surface area contributed by atoms with Gasteiger partial charge in [-0.3, -0.25) is 19.5 Å². The zero-order chi connectivity index (χ0) is 25.4. The van der Waals surface area contributed by atoms with Gasteiger partial charge in [0, 0.05) is 22.6 Å². The Morgan fingerprint density at radius 2 is 2.11 bits per heavy atom. The fourth-order valence-corrected chi connectivity index (χ4v) is 5.76. The average Bonchev–Trinajstić information content (AvgIpc) is 3.60. The Kier molecular flexibility index (Phi) is 6.25. The van der Waals surface area contributed by atoms with Crippen LogP contribution in [0.3, 0.4) is 0 Å². The minimum atomic E-state index is -0.904.